The second-order valence-corrected chi connectivity index (χ2v) is 3.34. The van der Waals surface area contributed by atoms with Crippen LogP contribution in [0.3, 0.4) is 0 Å². The van der Waals surface area contributed by atoms with Gasteiger partial charge in [-0.25, -0.2) is 0 Å². The summed E-state index contributed by atoms with van der Waals surface area (Å²) in [6.07, 6.45) is 5.50. The summed E-state index contributed by atoms with van der Waals surface area (Å²) in [5.41, 5.74) is 0. The molecule has 64 valence electrons. The van der Waals surface area contributed by atoms with Crippen LogP contribution in [0.2, 0.25) is 0 Å². The van der Waals surface area contributed by atoms with E-state index in [0.717, 1.165) is 12.8 Å². The topological polar surface area (TPSA) is 43.1 Å². The average Bonchev–Trinajstić information content (AvgIpc) is 2.68. The van der Waals surface area contributed by atoms with Crippen LogP contribution in [-0.4, -0.2) is 11.0 Å². The van der Waals surface area contributed by atoms with Gasteiger partial charge in [0.25, 0.3) is 0 Å². The Morgan fingerprint density at radius 2 is 2.27 bits per heavy atom. The maximum Gasteiger partial charge on any atom is 0.216 e. The summed E-state index contributed by atoms with van der Waals surface area (Å²) in [5, 5.41) is 10.2. The lowest BCUT2D eigenvalue weighted by atomic mass is 10.1. The highest BCUT2D eigenvalue weighted by Gasteiger charge is 2.47. The van der Waals surface area contributed by atoms with Crippen LogP contribution in [0.25, 0.3) is 0 Å². The molecule has 0 aromatic rings. The molecule has 2 atom stereocenters. The van der Waals surface area contributed by atoms with Crippen LogP contribution in [0.1, 0.15) is 39.0 Å². The summed E-state index contributed by atoms with van der Waals surface area (Å²) in [7, 11) is 0. The fraction of sp³-hybridized carbons (Fsp3) is 1.00. The Hall–Kier alpha value is -0.600. The Bertz CT molecular complexity index is 147. The maximum absolute atomic E-state index is 10.2. The molecule has 11 heavy (non-hydrogen) atoms. The molecule has 0 aromatic carbocycles. The summed E-state index contributed by atoms with van der Waals surface area (Å²) < 4.78 is 0. The van der Waals surface area contributed by atoms with E-state index in [9.17, 15) is 10.1 Å². The number of nitrogens with zero attached hydrogens (tertiary/aromatic N) is 1. The Balaban J connectivity index is 2.00. The Morgan fingerprint density at radius 3 is 2.73 bits per heavy atom. The lowest BCUT2D eigenvalue weighted by Crippen LogP contribution is -2.03. The molecule has 0 unspecified atom stereocenters. The quantitative estimate of drug-likeness (QED) is 0.349. The van der Waals surface area contributed by atoms with Gasteiger partial charge in [-0.15, -0.1) is 0 Å². The van der Waals surface area contributed by atoms with Gasteiger partial charge in [-0.05, 0) is 6.42 Å². The van der Waals surface area contributed by atoms with Gasteiger partial charge in [0.05, 0.1) is 0 Å². The van der Waals surface area contributed by atoms with Gasteiger partial charge in [-0.2, -0.15) is 0 Å². The summed E-state index contributed by atoms with van der Waals surface area (Å²) in [5.74, 6) is 0.413. The molecule has 0 spiro atoms. The number of hydrogen-bond donors (Lipinski definition) is 0. The van der Waals surface area contributed by atoms with Gasteiger partial charge < -0.3 is 0 Å². The van der Waals surface area contributed by atoms with Gasteiger partial charge >= 0.3 is 0 Å². The zero-order valence-electron chi connectivity index (χ0n) is 6.95. The second-order valence-electron chi connectivity index (χ2n) is 3.34. The van der Waals surface area contributed by atoms with Crippen molar-refractivity contribution in [2.24, 2.45) is 5.92 Å². The first kappa shape index (κ1) is 8.50. The minimum absolute atomic E-state index is 0.128. The largest absolute Gasteiger partial charge is 0.264 e. The first-order valence-electron chi connectivity index (χ1n) is 4.39. The number of hydrogen-bond acceptors (Lipinski definition) is 2. The summed E-state index contributed by atoms with van der Waals surface area (Å²) in [4.78, 5) is 10.1. The Labute approximate surface area is 66.9 Å². The first-order valence-corrected chi connectivity index (χ1v) is 4.39. The average molecular weight is 157 g/mol. The molecule has 0 amide bonds. The van der Waals surface area contributed by atoms with Gasteiger partial charge in [0.15, 0.2) is 0 Å². The van der Waals surface area contributed by atoms with E-state index in [0.29, 0.717) is 5.92 Å². The van der Waals surface area contributed by atoms with Gasteiger partial charge in [0, 0.05) is 17.3 Å². The van der Waals surface area contributed by atoms with Crippen LogP contribution >= 0.6 is 0 Å². The van der Waals surface area contributed by atoms with Crippen LogP contribution in [0.15, 0.2) is 0 Å². The minimum atomic E-state index is -0.188. The van der Waals surface area contributed by atoms with Crippen molar-refractivity contribution in [2.45, 2.75) is 45.1 Å². The molecule has 0 aromatic heterocycles. The fourth-order valence-electron chi connectivity index (χ4n) is 1.46. The summed E-state index contributed by atoms with van der Waals surface area (Å²) >= 11 is 0. The van der Waals surface area contributed by atoms with Gasteiger partial charge in [0.2, 0.25) is 6.04 Å². The molecule has 3 heteroatoms. The predicted octanol–water partition coefficient (Wildman–Crippen LogP) is 2.23. The standard InChI is InChI=1S/C8H15NO2/c1-2-3-4-5-7-6-8(7)9(10)11/h7-8H,2-6H2,1H3/t7-,8+/m1/s1. The molecule has 1 aliphatic rings. The van der Waals surface area contributed by atoms with Crippen molar-refractivity contribution in [3.05, 3.63) is 10.1 Å². The molecule has 1 fully saturated rings. The van der Waals surface area contributed by atoms with Gasteiger partial charge in [-0.3, -0.25) is 10.1 Å². The van der Waals surface area contributed by atoms with E-state index in [4.69, 9.17) is 0 Å². The second kappa shape index (κ2) is 3.69. The molecule has 1 rings (SSSR count). The van der Waals surface area contributed by atoms with Crippen LogP contribution in [0.4, 0.5) is 0 Å². The molecule has 0 aliphatic heterocycles. The zero-order chi connectivity index (χ0) is 8.27. The van der Waals surface area contributed by atoms with Crippen LogP contribution in [0.5, 0.6) is 0 Å². The number of unbranched alkanes of at least 4 members (excludes halogenated alkanes) is 2. The molecule has 0 bridgehead atoms. The van der Waals surface area contributed by atoms with E-state index in [1.807, 2.05) is 0 Å². The first-order chi connectivity index (χ1) is 5.25. The zero-order valence-corrected chi connectivity index (χ0v) is 6.95. The molecule has 0 heterocycles. The maximum atomic E-state index is 10.2. The minimum Gasteiger partial charge on any atom is -0.264 e. The molecule has 1 aliphatic carbocycles. The molecule has 0 N–H and O–H groups in total. The van der Waals surface area contributed by atoms with E-state index < -0.39 is 0 Å². The van der Waals surface area contributed by atoms with E-state index in [2.05, 4.69) is 6.92 Å². The van der Waals surface area contributed by atoms with Crippen molar-refractivity contribution in [3.63, 3.8) is 0 Å². The van der Waals surface area contributed by atoms with E-state index in [1.54, 1.807) is 0 Å². The van der Waals surface area contributed by atoms with Crippen molar-refractivity contribution < 1.29 is 4.92 Å². The van der Waals surface area contributed by atoms with Crippen molar-refractivity contribution in [3.8, 4) is 0 Å². The molecule has 3 nitrogen and oxygen atoms in total. The van der Waals surface area contributed by atoms with Crippen LogP contribution in [-0.2, 0) is 0 Å². The van der Waals surface area contributed by atoms with Crippen molar-refractivity contribution in [1.82, 2.24) is 0 Å². The highest BCUT2D eigenvalue weighted by atomic mass is 16.6. The molecule has 1 saturated carbocycles. The van der Waals surface area contributed by atoms with Crippen molar-refractivity contribution in [2.75, 3.05) is 0 Å². The van der Waals surface area contributed by atoms with Crippen molar-refractivity contribution in [1.29, 1.82) is 0 Å². The lowest BCUT2D eigenvalue weighted by molar-refractivity contribution is -0.498. The monoisotopic (exact) mass is 157 g/mol. The fourth-order valence-corrected chi connectivity index (χ4v) is 1.46. The van der Waals surface area contributed by atoms with Gasteiger partial charge in [-0.1, -0.05) is 26.2 Å². The summed E-state index contributed by atoms with van der Waals surface area (Å²) in [6.45, 7) is 2.15. The number of nitro groups is 1. The normalized spacial score (nSPS) is 28.5. The van der Waals surface area contributed by atoms with Crippen LogP contribution in [0, 0.1) is 16.0 Å². The lowest BCUT2D eigenvalue weighted by Gasteiger charge is -1.93. The molecule has 0 saturated heterocycles. The highest BCUT2D eigenvalue weighted by molar-refractivity contribution is 4.85. The van der Waals surface area contributed by atoms with Crippen LogP contribution < -0.4 is 0 Å². The van der Waals surface area contributed by atoms with E-state index in [-0.39, 0.29) is 11.0 Å². The summed E-state index contributed by atoms with van der Waals surface area (Å²) in [6, 6.07) is -0.188. The Morgan fingerprint density at radius 1 is 1.55 bits per heavy atom. The molecular formula is C8H15NO2. The third-order valence-corrected chi connectivity index (χ3v) is 2.33. The van der Waals surface area contributed by atoms with E-state index in [1.165, 1.54) is 19.3 Å². The smallest absolute Gasteiger partial charge is 0.216 e. The Kier molecular flexibility index (Phi) is 2.85. The number of rotatable bonds is 5. The SMILES string of the molecule is CCCCC[C@@H]1C[C@@H]1[N+](=O)[O-]. The molecule has 0 radical (unpaired) electrons. The highest BCUT2D eigenvalue weighted by Crippen LogP contribution is 2.37. The van der Waals surface area contributed by atoms with Gasteiger partial charge in [0.1, 0.15) is 0 Å². The third-order valence-electron chi connectivity index (χ3n) is 2.33. The predicted molar refractivity (Wildman–Crippen MR) is 43.0 cm³/mol. The van der Waals surface area contributed by atoms with E-state index >= 15 is 0 Å². The van der Waals surface area contributed by atoms with Crippen molar-refractivity contribution >= 4 is 0 Å². The third kappa shape index (κ3) is 2.48. The molecular weight excluding hydrogens is 142 g/mol.